The van der Waals surface area contributed by atoms with E-state index in [0.717, 1.165) is 5.56 Å². The van der Waals surface area contributed by atoms with Gasteiger partial charge in [-0.25, -0.2) is 13.4 Å². The van der Waals surface area contributed by atoms with E-state index in [9.17, 15) is 8.42 Å². The highest BCUT2D eigenvalue weighted by Gasteiger charge is 2.29. The minimum atomic E-state index is -3.44. The number of ether oxygens (including phenoxy) is 1. The number of benzene rings is 1. The second-order valence-electron chi connectivity index (χ2n) is 6.24. The van der Waals surface area contributed by atoms with Crippen molar-refractivity contribution in [1.29, 1.82) is 0 Å². The van der Waals surface area contributed by atoms with Gasteiger partial charge in [0.25, 0.3) is 0 Å². The van der Waals surface area contributed by atoms with Gasteiger partial charge in [0, 0.05) is 11.8 Å². The molecule has 0 amide bonds. The van der Waals surface area contributed by atoms with Crippen molar-refractivity contribution in [2.24, 2.45) is 0 Å². The summed E-state index contributed by atoms with van der Waals surface area (Å²) in [6.07, 6.45) is 1.60. The Labute approximate surface area is 124 Å². The second-order valence-corrected chi connectivity index (χ2v) is 8.20. The van der Waals surface area contributed by atoms with Gasteiger partial charge >= 0.3 is 0 Å². The van der Waals surface area contributed by atoms with E-state index in [4.69, 9.17) is 4.74 Å². The molecule has 2 heterocycles. The number of hydrogen-bond donors (Lipinski definition) is 0. The van der Waals surface area contributed by atoms with Gasteiger partial charge in [0.15, 0.2) is 9.84 Å². The topological polar surface area (TPSA) is 56.3 Å². The molecular weight excluding hydrogens is 286 g/mol. The summed E-state index contributed by atoms with van der Waals surface area (Å²) < 4.78 is 31.0. The molecule has 0 unspecified atom stereocenters. The Morgan fingerprint density at radius 1 is 1.19 bits per heavy atom. The summed E-state index contributed by atoms with van der Waals surface area (Å²) in [5, 5.41) is 0. The average molecular weight is 303 g/mol. The van der Waals surface area contributed by atoms with Gasteiger partial charge in [0.1, 0.15) is 10.6 Å². The predicted octanol–water partition coefficient (Wildman–Crippen LogP) is 3.46. The Balaban J connectivity index is 2.21. The van der Waals surface area contributed by atoms with Crippen LogP contribution in [0.1, 0.15) is 31.9 Å². The molecule has 3 rings (SSSR count). The fraction of sp³-hybridized carbons (Fsp3) is 0.312. The first kappa shape index (κ1) is 14.1. The highest BCUT2D eigenvalue weighted by molar-refractivity contribution is 7.90. The molecule has 0 radical (unpaired) electrons. The summed E-state index contributed by atoms with van der Waals surface area (Å²) in [5.41, 5.74) is 1.43. The standard InChI is InChI=1S/C16H17NO3S/c1-16(2,3)12-6-7-13-14(9-12)21(18,19)10-11-5-4-8-17-15(11)20-13/h4-9H,10H2,1-3H3. The van der Waals surface area contributed by atoms with Gasteiger partial charge in [-0.15, -0.1) is 0 Å². The first-order chi connectivity index (χ1) is 9.77. The maximum atomic E-state index is 12.6. The third-order valence-electron chi connectivity index (χ3n) is 3.55. The Morgan fingerprint density at radius 3 is 2.67 bits per heavy atom. The summed E-state index contributed by atoms with van der Waals surface area (Å²) in [4.78, 5) is 4.37. The molecule has 1 aromatic heterocycles. The Bertz CT molecular complexity index is 805. The molecule has 4 nitrogen and oxygen atoms in total. The van der Waals surface area contributed by atoms with Crippen LogP contribution in [-0.4, -0.2) is 13.4 Å². The number of nitrogens with zero attached hydrogens (tertiary/aromatic N) is 1. The molecule has 0 bridgehead atoms. The summed E-state index contributed by atoms with van der Waals surface area (Å²) in [6.45, 7) is 6.15. The molecule has 2 aromatic rings. The lowest BCUT2D eigenvalue weighted by Crippen LogP contribution is -2.12. The van der Waals surface area contributed by atoms with Gasteiger partial charge in [-0.2, -0.15) is 0 Å². The largest absolute Gasteiger partial charge is 0.437 e. The number of fused-ring (bicyclic) bond motifs is 2. The lowest BCUT2D eigenvalue weighted by Gasteiger charge is -2.20. The van der Waals surface area contributed by atoms with Crippen molar-refractivity contribution in [3.63, 3.8) is 0 Å². The molecule has 0 aliphatic carbocycles. The van der Waals surface area contributed by atoms with E-state index in [-0.39, 0.29) is 16.1 Å². The van der Waals surface area contributed by atoms with Crippen LogP contribution in [0.3, 0.4) is 0 Å². The molecule has 1 aliphatic rings. The van der Waals surface area contributed by atoms with E-state index in [0.29, 0.717) is 17.2 Å². The van der Waals surface area contributed by atoms with Crippen LogP contribution in [0.25, 0.3) is 0 Å². The molecule has 1 aromatic carbocycles. The van der Waals surface area contributed by atoms with Crippen molar-refractivity contribution in [3.8, 4) is 11.6 Å². The van der Waals surface area contributed by atoms with Crippen LogP contribution in [0.2, 0.25) is 0 Å². The summed E-state index contributed by atoms with van der Waals surface area (Å²) in [5.74, 6) is 0.625. The van der Waals surface area contributed by atoms with Gasteiger partial charge in [0.2, 0.25) is 5.88 Å². The first-order valence-electron chi connectivity index (χ1n) is 6.76. The maximum absolute atomic E-state index is 12.6. The fourth-order valence-corrected chi connectivity index (χ4v) is 3.82. The lowest BCUT2D eigenvalue weighted by molar-refractivity contribution is 0.448. The second kappa shape index (κ2) is 4.56. The van der Waals surface area contributed by atoms with E-state index in [1.54, 1.807) is 30.5 Å². The van der Waals surface area contributed by atoms with Crippen molar-refractivity contribution in [2.45, 2.75) is 36.8 Å². The molecule has 0 fully saturated rings. The van der Waals surface area contributed by atoms with Crippen LogP contribution in [-0.2, 0) is 21.0 Å². The Morgan fingerprint density at radius 2 is 1.95 bits per heavy atom. The minimum absolute atomic E-state index is 0.0865. The zero-order valence-electron chi connectivity index (χ0n) is 12.3. The van der Waals surface area contributed by atoms with Gasteiger partial charge in [-0.1, -0.05) is 32.9 Å². The maximum Gasteiger partial charge on any atom is 0.223 e. The van der Waals surface area contributed by atoms with E-state index in [1.165, 1.54) is 0 Å². The van der Waals surface area contributed by atoms with E-state index in [1.807, 2.05) is 6.07 Å². The van der Waals surface area contributed by atoms with E-state index in [2.05, 4.69) is 25.8 Å². The van der Waals surface area contributed by atoms with Gasteiger partial charge in [-0.3, -0.25) is 0 Å². The number of hydrogen-bond acceptors (Lipinski definition) is 4. The molecular formula is C16H17NO3S. The number of aromatic nitrogens is 1. The number of pyridine rings is 1. The van der Waals surface area contributed by atoms with Crippen LogP contribution in [0.5, 0.6) is 11.6 Å². The van der Waals surface area contributed by atoms with Gasteiger partial charge in [0.05, 0.1) is 5.75 Å². The third kappa shape index (κ3) is 2.53. The fourth-order valence-electron chi connectivity index (χ4n) is 2.31. The molecule has 0 spiro atoms. The predicted molar refractivity (Wildman–Crippen MR) is 80.3 cm³/mol. The molecule has 0 atom stereocenters. The van der Waals surface area contributed by atoms with Crippen molar-refractivity contribution in [2.75, 3.05) is 0 Å². The SMILES string of the molecule is CC(C)(C)c1ccc2c(c1)S(=O)(=O)Cc1cccnc1O2. The van der Waals surface area contributed by atoms with Crippen LogP contribution in [0.15, 0.2) is 41.4 Å². The van der Waals surface area contributed by atoms with Crippen molar-refractivity contribution in [1.82, 2.24) is 4.98 Å². The molecule has 110 valence electrons. The van der Waals surface area contributed by atoms with Crippen molar-refractivity contribution < 1.29 is 13.2 Å². The number of rotatable bonds is 0. The van der Waals surface area contributed by atoms with Crippen LogP contribution in [0.4, 0.5) is 0 Å². The third-order valence-corrected chi connectivity index (χ3v) is 5.23. The summed E-state index contributed by atoms with van der Waals surface area (Å²) in [7, 11) is -3.44. The molecule has 0 saturated heterocycles. The molecule has 21 heavy (non-hydrogen) atoms. The zero-order chi connectivity index (χ0) is 15.3. The lowest BCUT2D eigenvalue weighted by atomic mass is 9.87. The molecule has 0 saturated carbocycles. The number of sulfone groups is 1. The Hall–Kier alpha value is -1.88. The van der Waals surface area contributed by atoms with Crippen LogP contribution >= 0.6 is 0 Å². The average Bonchev–Trinajstić information content (AvgIpc) is 2.50. The van der Waals surface area contributed by atoms with E-state index >= 15 is 0 Å². The normalized spacial score (nSPS) is 16.3. The molecule has 0 N–H and O–H groups in total. The van der Waals surface area contributed by atoms with E-state index < -0.39 is 9.84 Å². The smallest absolute Gasteiger partial charge is 0.223 e. The monoisotopic (exact) mass is 303 g/mol. The van der Waals surface area contributed by atoms with Crippen molar-refractivity contribution in [3.05, 3.63) is 47.7 Å². The molecule has 1 aliphatic heterocycles. The van der Waals surface area contributed by atoms with Gasteiger partial charge in [-0.05, 0) is 29.2 Å². The zero-order valence-corrected chi connectivity index (χ0v) is 13.1. The van der Waals surface area contributed by atoms with Crippen LogP contribution < -0.4 is 4.74 Å². The quantitative estimate of drug-likeness (QED) is 0.748. The van der Waals surface area contributed by atoms with Crippen molar-refractivity contribution >= 4 is 9.84 Å². The highest BCUT2D eigenvalue weighted by Crippen LogP contribution is 2.38. The minimum Gasteiger partial charge on any atom is -0.437 e. The first-order valence-corrected chi connectivity index (χ1v) is 8.42. The van der Waals surface area contributed by atoms with Crippen LogP contribution in [0, 0.1) is 0 Å². The summed E-state index contributed by atoms with van der Waals surface area (Å²) >= 11 is 0. The Kier molecular flexibility index (Phi) is 3.06. The summed E-state index contributed by atoms with van der Waals surface area (Å²) in [6, 6.07) is 8.79. The molecule has 5 heteroatoms. The highest BCUT2D eigenvalue weighted by atomic mass is 32.2. The van der Waals surface area contributed by atoms with Gasteiger partial charge < -0.3 is 4.74 Å².